The van der Waals surface area contributed by atoms with Gasteiger partial charge >= 0.3 is 5.97 Å². The Morgan fingerprint density at radius 2 is 1.95 bits per heavy atom. The standard InChI is InChI=1S/C14H10N2O4/c17-11(18)5-6-16-13(19)9-7-8-3-1-2-4-10(8)15-12(9)14(16)20/h1-4,7H,5-6H2,(H,17,18). The zero-order valence-electron chi connectivity index (χ0n) is 10.4. The zero-order chi connectivity index (χ0) is 14.3. The lowest BCUT2D eigenvalue weighted by Gasteiger charge is -2.10. The lowest BCUT2D eigenvalue weighted by atomic mass is 10.1. The number of rotatable bonds is 3. The van der Waals surface area contributed by atoms with Crippen LogP contribution in [-0.2, 0) is 4.79 Å². The predicted molar refractivity (Wildman–Crippen MR) is 69.4 cm³/mol. The van der Waals surface area contributed by atoms with Gasteiger partial charge in [-0.2, -0.15) is 0 Å². The van der Waals surface area contributed by atoms with E-state index in [0.29, 0.717) is 5.52 Å². The maximum absolute atomic E-state index is 12.1. The number of carbonyl (C=O) groups excluding carboxylic acids is 2. The van der Waals surface area contributed by atoms with Crippen LogP contribution in [0.2, 0.25) is 0 Å². The van der Waals surface area contributed by atoms with Crippen molar-refractivity contribution in [1.29, 1.82) is 0 Å². The molecule has 0 saturated heterocycles. The molecule has 2 heterocycles. The molecule has 0 saturated carbocycles. The number of nitrogens with zero attached hydrogens (tertiary/aromatic N) is 2. The average Bonchev–Trinajstić information content (AvgIpc) is 2.66. The Labute approximate surface area is 113 Å². The number of carboxylic acid groups (broad SMARTS) is 1. The fourth-order valence-corrected chi connectivity index (χ4v) is 2.22. The van der Waals surface area contributed by atoms with Gasteiger partial charge in [-0.15, -0.1) is 0 Å². The van der Waals surface area contributed by atoms with Crippen LogP contribution >= 0.6 is 0 Å². The molecule has 0 aliphatic carbocycles. The highest BCUT2D eigenvalue weighted by atomic mass is 16.4. The molecule has 20 heavy (non-hydrogen) atoms. The molecule has 100 valence electrons. The number of pyridine rings is 1. The molecule has 1 aromatic carbocycles. The Morgan fingerprint density at radius 1 is 1.20 bits per heavy atom. The van der Waals surface area contributed by atoms with Crippen LogP contribution in [-0.4, -0.2) is 39.3 Å². The van der Waals surface area contributed by atoms with Gasteiger partial charge in [-0.1, -0.05) is 18.2 Å². The number of aliphatic carboxylic acids is 1. The summed E-state index contributed by atoms with van der Waals surface area (Å²) in [5.74, 6) is -2.07. The molecule has 2 amide bonds. The highest BCUT2D eigenvalue weighted by molar-refractivity contribution is 6.21. The van der Waals surface area contributed by atoms with Crippen LogP contribution < -0.4 is 0 Å². The van der Waals surface area contributed by atoms with Crippen molar-refractivity contribution in [3.8, 4) is 0 Å². The molecular weight excluding hydrogens is 260 g/mol. The number of carbonyl (C=O) groups is 3. The molecule has 3 rings (SSSR count). The molecule has 1 aromatic heterocycles. The molecule has 6 nitrogen and oxygen atoms in total. The number of para-hydroxylation sites is 1. The molecule has 0 radical (unpaired) electrons. The van der Waals surface area contributed by atoms with Crippen LogP contribution in [0.25, 0.3) is 10.9 Å². The minimum Gasteiger partial charge on any atom is -0.481 e. The number of hydrogen-bond donors (Lipinski definition) is 1. The van der Waals surface area contributed by atoms with Gasteiger partial charge in [0.05, 0.1) is 17.5 Å². The fraction of sp³-hybridized carbons (Fsp3) is 0.143. The van der Waals surface area contributed by atoms with Gasteiger partial charge in [-0.3, -0.25) is 19.3 Å². The molecule has 1 aliphatic heterocycles. The quantitative estimate of drug-likeness (QED) is 0.849. The zero-order valence-corrected chi connectivity index (χ0v) is 10.4. The maximum atomic E-state index is 12.1. The van der Waals surface area contributed by atoms with Crippen molar-refractivity contribution in [2.75, 3.05) is 6.54 Å². The Bertz CT molecular complexity index is 699. The molecule has 0 spiro atoms. The molecule has 1 N–H and O–H groups in total. The summed E-state index contributed by atoms with van der Waals surface area (Å²) in [6, 6.07) is 8.80. The first kappa shape index (κ1) is 12.3. The minimum absolute atomic E-state index is 0.0964. The second-order valence-corrected chi connectivity index (χ2v) is 4.48. The van der Waals surface area contributed by atoms with Crippen molar-refractivity contribution in [3.05, 3.63) is 41.6 Å². The van der Waals surface area contributed by atoms with E-state index in [2.05, 4.69) is 4.98 Å². The predicted octanol–water partition coefficient (Wildman–Crippen LogP) is 1.31. The van der Waals surface area contributed by atoms with Gasteiger partial charge in [0.25, 0.3) is 11.8 Å². The lowest BCUT2D eigenvalue weighted by Crippen LogP contribution is -2.32. The summed E-state index contributed by atoms with van der Waals surface area (Å²) in [6.45, 7) is -0.139. The molecule has 1 aliphatic rings. The third-order valence-electron chi connectivity index (χ3n) is 3.20. The van der Waals surface area contributed by atoms with E-state index in [1.54, 1.807) is 24.3 Å². The first-order valence-electron chi connectivity index (χ1n) is 6.05. The monoisotopic (exact) mass is 270 g/mol. The average molecular weight is 270 g/mol. The van der Waals surface area contributed by atoms with E-state index < -0.39 is 17.8 Å². The molecule has 0 fully saturated rings. The Hall–Kier alpha value is -2.76. The first-order valence-corrected chi connectivity index (χ1v) is 6.05. The van der Waals surface area contributed by atoms with Crippen molar-refractivity contribution < 1.29 is 19.5 Å². The second kappa shape index (κ2) is 4.41. The van der Waals surface area contributed by atoms with Crippen molar-refractivity contribution in [3.63, 3.8) is 0 Å². The van der Waals surface area contributed by atoms with E-state index in [4.69, 9.17) is 5.11 Å². The summed E-state index contributed by atoms with van der Waals surface area (Å²) < 4.78 is 0. The molecule has 0 bridgehead atoms. The summed E-state index contributed by atoms with van der Waals surface area (Å²) in [4.78, 5) is 40.0. The van der Waals surface area contributed by atoms with Gasteiger partial charge < -0.3 is 5.11 Å². The molecular formula is C14H10N2O4. The fourth-order valence-electron chi connectivity index (χ4n) is 2.22. The van der Waals surface area contributed by atoms with Gasteiger partial charge in [-0.25, -0.2) is 4.98 Å². The topological polar surface area (TPSA) is 87.6 Å². The van der Waals surface area contributed by atoms with E-state index in [0.717, 1.165) is 10.3 Å². The van der Waals surface area contributed by atoms with E-state index in [9.17, 15) is 14.4 Å². The smallest absolute Gasteiger partial charge is 0.305 e. The Balaban J connectivity index is 2.04. The summed E-state index contributed by atoms with van der Waals surface area (Å²) in [5, 5.41) is 9.42. The van der Waals surface area contributed by atoms with Gasteiger partial charge in [0.15, 0.2) is 0 Å². The van der Waals surface area contributed by atoms with E-state index in [1.165, 1.54) is 0 Å². The van der Waals surface area contributed by atoms with Crippen LogP contribution in [0.5, 0.6) is 0 Å². The van der Waals surface area contributed by atoms with Gasteiger partial charge in [-0.05, 0) is 12.1 Å². The Kier molecular flexibility index (Phi) is 2.71. The molecule has 6 heteroatoms. The number of aromatic nitrogens is 1. The first-order chi connectivity index (χ1) is 9.58. The number of imide groups is 1. The summed E-state index contributed by atoms with van der Waals surface area (Å²) in [7, 11) is 0. The van der Waals surface area contributed by atoms with Crippen LogP contribution in [0.3, 0.4) is 0 Å². The van der Waals surface area contributed by atoms with Crippen molar-refractivity contribution in [2.24, 2.45) is 0 Å². The third-order valence-corrected chi connectivity index (χ3v) is 3.20. The van der Waals surface area contributed by atoms with Crippen molar-refractivity contribution in [2.45, 2.75) is 6.42 Å². The number of amides is 2. The van der Waals surface area contributed by atoms with Gasteiger partial charge in [0.2, 0.25) is 0 Å². The summed E-state index contributed by atoms with van der Waals surface area (Å²) in [5.41, 5.74) is 0.964. The van der Waals surface area contributed by atoms with Crippen LogP contribution in [0.1, 0.15) is 27.3 Å². The maximum Gasteiger partial charge on any atom is 0.305 e. The highest BCUT2D eigenvalue weighted by Gasteiger charge is 2.37. The van der Waals surface area contributed by atoms with E-state index in [-0.39, 0.29) is 24.2 Å². The highest BCUT2D eigenvalue weighted by Crippen LogP contribution is 2.25. The summed E-state index contributed by atoms with van der Waals surface area (Å²) >= 11 is 0. The Morgan fingerprint density at radius 3 is 2.70 bits per heavy atom. The van der Waals surface area contributed by atoms with Crippen LogP contribution in [0.15, 0.2) is 30.3 Å². The minimum atomic E-state index is -1.06. The van der Waals surface area contributed by atoms with Crippen LogP contribution in [0, 0.1) is 0 Å². The second-order valence-electron chi connectivity index (χ2n) is 4.48. The van der Waals surface area contributed by atoms with Gasteiger partial charge in [0, 0.05) is 11.9 Å². The SMILES string of the molecule is O=C(O)CCN1C(=O)c2cc3ccccc3nc2C1=O. The summed E-state index contributed by atoms with van der Waals surface area (Å²) in [6.07, 6.45) is -0.273. The van der Waals surface area contributed by atoms with E-state index >= 15 is 0 Å². The lowest BCUT2D eigenvalue weighted by molar-refractivity contribution is -0.137. The van der Waals surface area contributed by atoms with Gasteiger partial charge in [0.1, 0.15) is 5.69 Å². The third kappa shape index (κ3) is 1.82. The number of carboxylic acids is 1. The van der Waals surface area contributed by atoms with Crippen molar-refractivity contribution >= 4 is 28.7 Å². The number of fused-ring (bicyclic) bond motifs is 2. The van der Waals surface area contributed by atoms with Crippen molar-refractivity contribution in [1.82, 2.24) is 9.88 Å². The number of hydrogen-bond acceptors (Lipinski definition) is 4. The number of benzene rings is 1. The largest absolute Gasteiger partial charge is 0.481 e. The molecule has 0 atom stereocenters. The molecule has 0 unspecified atom stereocenters. The normalized spacial score (nSPS) is 13.9. The molecule has 2 aromatic rings. The van der Waals surface area contributed by atoms with Crippen LogP contribution in [0.4, 0.5) is 0 Å². The van der Waals surface area contributed by atoms with E-state index in [1.807, 2.05) is 6.07 Å².